The Morgan fingerprint density at radius 1 is 1.50 bits per heavy atom. The first-order valence-electron chi connectivity index (χ1n) is 7.30. The third kappa shape index (κ3) is 4.31. The third-order valence-electron chi connectivity index (χ3n) is 3.95. The van der Waals surface area contributed by atoms with Gasteiger partial charge in [-0.15, -0.1) is 0 Å². The first kappa shape index (κ1) is 16.0. The van der Waals surface area contributed by atoms with E-state index in [0.29, 0.717) is 17.0 Å². The van der Waals surface area contributed by atoms with Crippen LogP contribution in [0.2, 0.25) is 5.02 Å². The molecule has 1 aromatic carbocycles. The summed E-state index contributed by atoms with van der Waals surface area (Å²) >= 11 is 9.48. The summed E-state index contributed by atoms with van der Waals surface area (Å²) in [5.74, 6) is 0.966. The van der Waals surface area contributed by atoms with E-state index in [-0.39, 0.29) is 5.78 Å². The Hall–Kier alpha value is -0.380. The molecule has 1 aliphatic heterocycles. The molecule has 0 radical (unpaired) electrons. The van der Waals surface area contributed by atoms with Crippen molar-refractivity contribution in [3.8, 4) is 0 Å². The maximum absolute atomic E-state index is 12.2. The molecule has 20 heavy (non-hydrogen) atoms. The largest absolute Gasteiger partial charge is 0.303 e. The van der Waals surface area contributed by atoms with Gasteiger partial charge in [0.15, 0.2) is 5.78 Å². The first-order valence-corrected chi connectivity index (χ1v) is 8.48. The van der Waals surface area contributed by atoms with Crippen LogP contribution in [0.3, 0.4) is 0 Å². The summed E-state index contributed by atoms with van der Waals surface area (Å²) < 4.78 is 0.904. The zero-order valence-corrected chi connectivity index (χ0v) is 14.2. The summed E-state index contributed by atoms with van der Waals surface area (Å²) in [6, 6.07) is 5.45. The minimum Gasteiger partial charge on any atom is -0.303 e. The van der Waals surface area contributed by atoms with Gasteiger partial charge in [0.25, 0.3) is 0 Å². The monoisotopic (exact) mass is 357 g/mol. The number of nitrogens with zero attached hydrogens (tertiary/aromatic N) is 1. The number of benzene rings is 1. The molecule has 1 unspecified atom stereocenters. The summed E-state index contributed by atoms with van der Waals surface area (Å²) in [6.07, 6.45) is 4.40. The lowest BCUT2D eigenvalue weighted by Crippen LogP contribution is -2.24. The molecule has 0 aliphatic carbocycles. The van der Waals surface area contributed by atoms with Crippen molar-refractivity contribution >= 4 is 33.3 Å². The Morgan fingerprint density at radius 2 is 2.30 bits per heavy atom. The van der Waals surface area contributed by atoms with Gasteiger partial charge in [-0.2, -0.15) is 0 Å². The third-order valence-corrected chi connectivity index (χ3v) is 4.76. The van der Waals surface area contributed by atoms with Crippen molar-refractivity contribution in [1.29, 1.82) is 0 Å². The highest BCUT2D eigenvalue weighted by Gasteiger charge is 2.22. The van der Waals surface area contributed by atoms with Gasteiger partial charge in [0.05, 0.1) is 5.02 Å². The van der Waals surface area contributed by atoms with E-state index >= 15 is 0 Å². The molecule has 4 heteroatoms. The van der Waals surface area contributed by atoms with Crippen LogP contribution >= 0.6 is 27.5 Å². The fourth-order valence-electron chi connectivity index (χ4n) is 2.87. The van der Waals surface area contributed by atoms with E-state index in [4.69, 9.17) is 11.6 Å². The van der Waals surface area contributed by atoms with Crippen molar-refractivity contribution in [2.45, 2.75) is 32.6 Å². The molecule has 0 amide bonds. The highest BCUT2D eigenvalue weighted by Crippen LogP contribution is 2.24. The number of rotatable bonds is 6. The van der Waals surface area contributed by atoms with Crippen LogP contribution in [0, 0.1) is 5.92 Å². The van der Waals surface area contributed by atoms with Gasteiger partial charge in [-0.3, -0.25) is 4.79 Å². The molecule has 1 atom stereocenters. The predicted octanol–water partition coefficient (Wildman–Crippen LogP) is 4.80. The quantitative estimate of drug-likeness (QED) is 0.681. The number of Topliss-reactive ketones (excluding diaryl/α,β-unsaturated/α-hetero) is 1. The second-order valence-corrected chi connectivity index (χ2v) is 6.86. The van der Waals surface area contributed by atoms with Crippen LogP contribution in [0.25, 0.3) is 0 Å². The Balaban J connectivity index is 1.84. The van der Waals surface area contributed by atoms with Crippen LogP contribution in [0.1, 0.15) is 43.0 Å². The summed E-state index contributed by atoms with van der Waals surface area (Å²) in [6.45, 7) is 5.37. The zero-order chi connectivity index (χ0) is 14.5. The van der Waals surface area contributed by atoms with E-state index < -0.39 is 0 Å². The van der Waals surface area contributed by atoms with Gasteiger partial charge in [0.1, 0.15) is 0 Å². The molecule has 1 aliphatic rings. The molecular formula is C16H21BrClNO. The topological polar surface area (TPSA) is 20.3 Å². The molecular weight excluding hydrogens is 338 g/mol. The molecule has 1 aromatic rings. The Kier molecular flexibility index (Phi) is 6.06. The van der Waals surface area contributed by atoms with Crippen LogP contribution in [0.15, 0.2) is 22.7 Å². The molecule has 0 saturated carbocycles. The fourth-order valence-corrected chi connectivity index (χ4v) is 3.65. The van der Waals surface area contributed by atoms with Crippen LogP contribution < -0.4 is 0 Å². The van der Waals surface area contributed by atoms with E-state index in [1.165, 1.54) is 19.3 Å². The lowest BCUT2D eigenvalue weighted by atomic mass is 10.0. The van der Waals surface area contributed by atoms with E-state index in [0.717, 1.165) is 30.0 Å². The van der Waals surface area contributed by atoms with Crippen LogP contribution in [0.5, 0.6) is 0 Å². The molecule has 2 nitrogen and oxygen atoms in total. The minimum absolute atomic E-state index is 0.140. The zero-order valence-electron chi connectivity index (χ0n) is 11.9. The molecule has 1 heterocycles. The van der Waals surface area contributed by atoms with Gasteiger partial charge < -0.3 is 4.90 Å². The molecule has 0 bridgehead atoms. The number of halogens is 2. The summed E-state index contributed by atoms with van der Waals surface area (Å²) in [7, 11) is 0. The number of carbonyl (C=O) groups is 1. The van der Waals surface area contributed by atoms with Gasteiger partial charge in [-0.25, -0.2) is 0 Å². The van der Waals surface area contributed by atoms with Crippen molar-refractivity contribution in [3.63, 3.8) is 0 Å². The average Bonchev–Trinajstić information content (AvgIpc) is 2.84. The standard InChI is InChI=1S/C16H21BrClNO/c1-2-3-12-6-8-19(11-12)9-7-16(20)14-5-4-13(17)10-15(14)18/h4-5,10,12H,2-3,6-9,11H2,1H3. The maximum Gasteiger partial charge on any atom is 0.165 e. The Labute approximate surface area is 134 Å². The van der Waals surface area contributed by atoms with Gasteiger partial charge in [0.2, 0.25) is 0 Å². The van der Waals surface area contributed by atoms with Crippen LogP contribution in [-0.4, -0.2) is 30.3 Å². The molecule has 0 N–H and O–H groups in total. The fraction of sp³-hybridized carbons (Fsp3) is 0.562. The Morgan fingerprint density at radius 3 is 3.00 bits per heavy atom. The van der Waals surface area contributed by atoms with Crippen molar-refractivity contribution in [1.82, 2.24) is 4.90 Å². The number of ketones is 1. The second kappa shape index (κ2) is 7.58. The van der Waals surface area contributed by atoms with Crippen LogP contribution in [0.4, 0.5) is 0 Å². The molecule has 110 valence electrons. The van der Waals surface area contributed by atoms with E-state index in [2.05, 4.69) is 27.8 Å². The van der Waals surface area contributed by atoms with Gasteiger partial charge in [0, 0.05) is 29.5 Å². The average molecular weight is 359 g/mol. The van der Waals surface area contributed by atoms with Gasteiger partial charge in [-0.05, 0) is 43.5 Å². The highest BCUT2D eigenvalue weighted by molar-refractivity contribution is 9.10. The molecule has 1 saturated heterocycles. The van der Waals surface area contributed by atoms with Crippen molar-refractivity contribution in [3.05, 3.63) is 33.3 Å². The van der Waals surface area contributed by atoms with E-state index in [9.17, 15) is 4.79 Å². The molecule has 1 fully saturated rings. The van der Waals surface area contributed by atoms with Crippen molar-refractivity contribution < 1.29 is 4.79 Å². The number of carbonyl (C=O) groups excluding carboxylic acids is 1. The smallest absolute Gasteiger partial charge is 0.165 e. The van der Waals surface area contributed by atoms with Crippen molar-refractivity contribution in [2.24, 2.45) is 5.92 Å². The minimum atomic E-state index is 0.140. The Bertz CT molecular complexity index is 478. The van der Waals surface area contributed by atoms with Gasteiger partial charge in [-0.1, -0.05) is 40.9 Å². The molecule has 0 aromatic heterocycles. The van der Waals surface area contributed by atoms with E-state index in [1.54, 1.807) is 12.1 Å². The number of hydrogen-bond acceptors (Lipinski definition) is 2. The lowest BCUT2D eigenvalue weighted by Gasteiger charge is -2.15. The van der Waals surface area contributed by atoms with Crippen LogP contribution in [-0.2, 0) is 0 Å². The summed E-state index contributed by atoms with van der Waals surface area (Å²) in [5, 5.41) is 0.537. The summed E-state index contributed by atoms with van der Waals surface area (Å²) in [5.41, 5.74) is 0.638. The van der Waals surface area contributed by atoms with Crippen molar-refractivity contribution in [2.75, 3.05) is 19.6 Å². The SMILES string of the molecule is CCCC1CCN(CCC(=O)c2ccc(Br)cc2Cl)C1. The lowest BCUT2D eigenvalue weighted by molar-refractivity contribution is 0.0968. The van der Waals surface area contributed by atoms with E-state index in [1.807, 2.05) is 6.07 Å². The van der Waals surface area contributed by atoms with Gasteiger partial charge >= 0.3 is 0 Å². The molecule has 0 spiro atoms. The number of likely N-dealkylation sites (tertiary alicyclic amines) is 1. The predicted molar refractivity (Wildman–Crippen MR) is 87.6 cm³/mol. The normalized spacial score (nSPS) is 19.4. The highest BCUT2D eigenvalue weighted by atomic mass is 79.9. The first-order chi connectivity index (χ1) is 9.60. The summed E-state index contributed by atoms with van der Waals surface area (Å²) in [4.78, 5) is 14.6. The second-order valence-electron chi connectivity index (χ2n) is 5.54. The maximum atomic E-state index is 12.2. The number of hydrogen-bond donors (Lipinski definition) is 0. The molecule has 2 rings (SSSR count).